The minimum Gasteiger partial charge on any atom is -0.506 e. The van der Waals surface area contributed by atoms with Gasteiger partial charge in [-0.15, -0.1) is 0 Å². The Labute approximate surface area is 190 Å². The maximum atomic E-state index is 10.4. The summed E-state index contributed by atoms with van der Waals surface area (Å²) in [5, 5.41) is 14.1. The third-order valence-electron chi connectivity index (χ3n) is 6.61. The van der Waals surface area contributed by atoms with Crippen molar-refractivity contribution in [2.75, 3.05) is 25.0 Å². The van der Waals surface area contributed by atoms with E-state index < -0.39 is 0 Å². The van der Waals surface area contributed by atoms with E-state index in [1.165, 1.54) is 0 Å². The first-order valence-electron chi connectivity index (χ1n) is 11.7. The van der Waals surface area contributed by atoms with Crippen LogP contribution in [-0.2, 0) is 6.54 Å². The molecule has 2 aromatic heterocycles. The van der Waals surface area contributed by atoms with Crippen molar-refractivity contribution >= 4 is 17.0 Å². The smallest absolute Gasteiger partial charge is 0.204 e. The Morgan fingerprint density at radius 1 is 1.12 bits per heavy atom. The Morgan fingerprint density at radius 3 is 2.59 bits per heavy atom. The lowest BCUT2D eigenvalue weighted by Gasteiger charge is -2.34. The van der Waals surface area contributed by atoms with Gasteiger partial charge in [-0.3, -0.25) is 4.98 Å². The largest absolute Gasteiger partial charge is 0.506 e. The molecule has 1 fully saturated rings. The molecule has 4 N–H and O–H groups in total. The molecule has 0 aliphatic carbocycles. The van der Waals surface area contributed by atoms with Crippen molar-refractivity contribution in [1.82, 2.24) is 19.4 Å². The van der Waals surface area contributed by atoms with Crippen LogP contribution in [0.2, 0.25) is 0 Å². The molecule has 1 unspecified atom stereocenters. The minimum atomic E-state index is 0.215. The lowest BCUT2D eigenvalue weighted by Crippen LogP contribution is -2.46. The van der Waals surface area contributed by atoms with E-state index in [4.69, 9.17) is 10.7 Å². The molecule has 7 heteroatoms. The van der Waals surface area contributed by atoms with Crippen molar-refractivity contribution in [2.45, 2.75) is 59.2 Å². The second-order valence-corrected chi connectivity index (χ2v) is 9.51. The number of likely N-dealkylation sites (tertiary alicyclic amines) is 1. The molecule has 1 aromatic carbocycles. The number of aromatic hydroxyl groups is 1. The summed E-state index contributed by atoms with van der Waals surface area (Å²) < 4.78 is 2.16. The van der Waals surface area contributed by atoms with Crippen LogP contribution in [0.3, 0.4) is 0 Å². The molecule has 1 aliphatic heterocycles. The molecule has 1 saturated heterocycles. The predicted octanol–water partition coefficient (Wildman–Crippen LogP) is 3.66. The standard InChI is InChI=1S/C25H36N6O/c1-16(2)20(26)14-30-12-10-19(11-13-30)28-25-29-21-7-5-6-17(3)24(21)31(25)15-22-23(32)9-8-18(4)27-22/h5-9,16,19-20,32H,10-15,26H2,1-4H3,(H,28,29). The van der Waals surface area contributed by atoms with Gasteiger partial charge in [-0.05, 0) is 56.4 Å². The number of para-hydroxylation sites is 1. The molecule has 3 aromatic rings. The van der Waals surface area contributed by atoms with Crippen LogP contribution in [0.15, 0.2) is 30.3 Å². The van der Waals surface area contributed by atoms with Gasteiger partial charge in [0, 0.05) is 37.4 Å². The highest BCUT2D eigenvalue weighted by Gasteiger charge is 2.24. The maximum Gasteiger partial charge on any atom is 0.204 e. The molecular formula is C25H36N6O. The first-order valence-corrected chi connectivity index (χ1v) is 11.7. The van der Waals surface area contributed by atoms with E-state index in [0.717, 1.165) is 60.7 Å². The summed E-state index contributed by atoms with van der Waals surface area (Å²) in [7, 11) is 0. The molecule has 1 atom stereocenters. The van der Waals surface area contributed by atoms with Gasteiger partial charge in [0.15, 0.2) is 0 Å². The number of anilines is 1. The van der Waals surface area contributed by atoms with E-state index >= 15 is 0 Å². The Morgan fingerprint density at radius 2 is 1.88 bits per heavy atom. The van der Waals surface area contributed by atoms with E-state index in [2.05, 4.69) is 46.6 Å². The predicted molar refractivity (Wildman–Crippen MR) is 130 cm³/mol. The molecule has 1 aliphatic rings. The van der Waals surface area contributed by atoms with Gasteiger partial charge in [-0.25, -0.2) is 4.98 Å². The van der Waals surface area contributed by atoms with Crippen LogP contribution >= 0.6 is 0 Å². The average Bonchev–Trinajstić information content (AvgIpc) is 3.10. The molecule has 0 amide bonds. The normalized spacial score (nSPS) is 16.7. The van der Waals surface area contributed by atoms with Gasteiger partial charge in [-0.2, -0.15) is 0 Å². The molecule has 0 bridgehead atoms. The van der Waals surface area contributed by atoms with Crippen molar-refractivity contribution < 1.29 is 5.11 Å². The topological polar surface area (TPSA) is 92.2 Å². The molecule has 3 heterocycles. The Hall–Kier alpha value is -2.64. The quantitative estimate of drug-likeness (QED) is 0.523. The highest BCUT2D eigenvalue weighted by molar-refractivity contribution is 5.82. The van der Waals surface area contributed by atoms with Crippen LogP contribution in [0.4, 0.5) is 5.95 Å². The summed E-state index contributed by atoms with van der Waals surface area (Å²) in [5.74, 6) is 1.56. The molecule has 0 radical (unpaired) electrons. The van der Waals surface area contributed by atoms with Crippen molar-refractivity contribution in [2.24, 2.45) is 11.7 Å². The van der Waals surface area contributed by atoms with Gasteiger partial charge in [0.1, 0.15) is 11.4 Å². The number of hydrogen-bond donors (Lipinski definition) is 3. The maximum absolute atomic E-state index is 10.4. The summed E-state index contributed by atoms with van der Waals surface area (Å²) in [5.41, 5.74) is 11.0. The van der Waals surface area contributed by atoms with E-state index in [9.17, 15) is 5.11 Å². The second kappa shape index (κ2) is 9.46. The third-order valence-corrected chi connectivity index (χ3v) is 6.61. The molecule has 0 spiro atoms. The number of nitrogens with one attached hydrogen (secondary N) is 1. The zero-order chi connectivity index (χ0) is 22.8. The van der Waals surface area contributed by atoms with Gasteiger partial charge in [0.25, 0.3) is 0 Å². The van der Waals surface area contributed by atoms with E-state index in [1.54, 1.807) is 6.07 Å². The molecule has 172 valence electrons. The second-order valence-electron chi connectivity index (χ2n) is 9.51. The number of aryl methyl sites for hydroxylation is 2. The molecule has 0 saturated carbocycles. The Kier molecular flexibility index (Phi) is 6.67. The lowest BCUT2D eigenvalue weighted by atomic mass is 10.0. The number of nitrogens with zero attached hydrogens (tertiary/aromatic N) is 4. The number of hydrogen-bond acceptors (Lipinski definition) is 6. The Balaban J connectivity index is 1.55. The molecule has 4 rings (SSSR count). The Bertz CT molecular complexity index is 1070. The summed E-state index contributed by atoms with van der Waals surface area (Å²) >= 11 is 0. The van der Waals surface area contributed by atoms with Crippen LogP contribution in [0.1, 0.15) is 43.6 Å². The fourth-order valence-corrected chi connectivity index (χ4v) is 4.45. The number of pyridine rings is 1. The summed E-state index contributed by atoms with van der Waals surface area (Å²) in [6.45, 7) is 11.9. The number of fused-ring (bicyclic) bond motifs is 1. The van der Waals surface area contributed by atoms with E-state index in [0.29, 0.717) is 24.2 Å². The van der Waals surface area contributed by atoms with Gasteiger partial charge >= 0.3 is 0 Å². The van der Waals surface area contributed by atoms with Crippen LogP contribution in [0, 0.1) is 19.8 Å². The number of piperidine rings is 1. The zero-order valence-electron chi connectivity index (χ0n) is 19.7. The van der Waals surface area contributed by atoms with Gasteiger partial charge in [-0.1, -0.05) is 26.0 Å². The monoisotopic (exact) mass is 436 g/mol. The molecular weight excluding hydrogens is 400 g/mol. The van der Waals surface area contributed by atoms with E-state index in [1.807, 2.05) is 25.1 Å². The van der Waals surface area contributed by atoms with Crippen molar-refractivity contribution in [3.63, 3.8) is 0 Å². The third kappa shape index (κ3) is 4.89. The SMILES string of the molecule is Cc1ccc(O)c(Cn2c(NC3CCN(CC(N)C(C)C)CC3)nc3cccc(C)c32)n1. The molecule has 32 heavy (non-hydrogen) atoms. The number of imidazole rings is 1. The highest BCUT2D eigenvalue weighted by Crippen LogP contribution is 2.27. The summed E-state index contributed by atoms with van der Waals surface area (Å²) in [6.07, 6.45) is 2.11. The van der Waals surface area contributed by atoms with Crippen LogP contribution < -0.4 is 11.1 Å². The minimum absolute atomic E-state index is 0.215. The first-order chi connectivity index (χ1) is 15.3. The van der Waals surface area contributed by atoms with Crippen molar-refractivity contribution in [3.05, 3.63) is 47.3 Å². The van der Waals surface area contributed by atoms with Crippen LogP contribution in [0.25, 0.3) is 11.0 Å². The van der Waals surface area contributed by atoms with Crippen molar-refractivity contribution in [1.29, 1.82) is 0 Å². The average molecular weight is 437 g/mol. The van der Waals surface area contributed by atoms with Gasteiger partial charge in [0.2, 0.25) is 5.95 Å². The fraction of sp³-hybridized carbons (Fsp3) is 0.520. The summed E-state index contributed by atoms with van der Waals surface area (Å²) in [4.78, 5) is 12.0. The fourth-order valence-electron chi connectivity index (χ4n) is 4.45. The number of benzene rings is 1. The number of aromatic nitrogens is 3. The number of rotatable bonds is 7. The van der Waals surface area contributed by atoms with E-state index in [-0.39, 0.29) is 11.8 Å². The number of nitrogens with two attached hydrogens (primary N) is 1. The molecule has 7 nitrogen and oxygen atoms in total. The van der Waals surface area contributed by atoms with Gasteiger partial charge < -0.3 is 25.6 Å². The van der Waals surface area contributed by atoms with Crippen LogP contribution in [0.5, 0.6) is 5.75 Å². The van der Waals surface area contributed by atoms with Gasteiger partial charge in [0.05, 0.1) is 17.6 Å². The van der Waals surface area contributed by atoms with Crippen LogP contribution in [-0.4, -0.2) is 56.3 Å². The first kappa shape index (κ1) is 22.6. The lowest BCUT2D eigenvalue weighted by molar-refractivity contribution is 0.194. The zero-order valence-corrected chi connectivity index (χ0v) is 19.7. The van der Waals surface area contributed by atoms with Crippen molar-refractivity contribution in [3.8, 4) is 5.75 Å². The summed E-state index contributed by atoms with van der Waals surface area (Å²) in [6, 6.07) is 10.3. The highest BCUT2D eigenvalue weighted by atomic mass is 16.3.